The van der Waals surface area contributed by atoms with Gasteiger partial charge in [0.25, 0.3) is 0 Å². The predicted octanol–water partition coefficient (Wildman–Crippen LogP) is 2.51. The molecule has 0 fully saturated rings. The standard InChI is InChI=1S/C14H19NO2/c1-3-15-10(2)13(9-16)11-4-5-14-12(8-11)6-7-17-14/h4-8,10,13,15-16H,3,9H2,1-2H3. The van der Waals surface area contributed by atoms with Gasteiger partial charge in [0.2, 0.25) is 0 Å². The molecule has 0 saturated carbocycles. The van der Waals surface area contributed by atoms with E-state index in [1.165, 1.54) is 0 Å². The Morgan fingerprint density at radius 1 is 1.35 bits per heavy atom. The van der Waals surface area contributed by atoms with Gasteiger partial charge in [0, 0.05) is 17.3 Å². The molecule has 2 unspecified atom stereocenters. The Hall–Kier alpha value is -1.32. The minimum Gasteiger partial charge on any atom is -0.464 e. The van der Waals surface area contributed by atoms with Crippen LogP contribution in [0.1, 0.15) is 25.3 Å². The number of fused-ring (bicyclic) bond motifs is 1. The molecular weight excluding hydrogens is 214 g/mol. The van der Waals surface area contributed by atoms with E-state index in [0.717, 1.165) is 23.1 Å². The first-order chi connectivity index (χ1) is 8.26. The van der Waals surface area contributed by atoms with Gasteiger partial charge in [-0.1, -0.05) is 13.0 Å². The molecule has 0 saturated heterocycles. The van der Waals surface area contributed by atoms with Crippen LogP contribution in [0, 0.1) is 0 Å². The topological polar surface area (TPSA) is 45.4 Å². The van der Waals surface area contributed by atoms with Gasteiger partial charge < -0.3 is 14.8 Å². The fourth-order valence-corrected chi connectivity index (χ4v) is 2.23. The molecular formula is C14H19NO2. The lowest BCUT2D eigenvalue weighted by Crippen LogP contribution is -2.33. The molecule has 0 aliphatic heterocycles. The highest BCUT2D eigenvalue weighted by Gasteiger charge is 2.18. The molecule has 92 valence electrons. The van der Waals surface area contributed by atoms with Crippen LogP contribution < -0.4 is 5.32 Å². The van der Waals surface area contributed by atoms with E-state index >= 15 is 0 Å². The van der Waals surface area contributed by atoms with Crippen LogP contribution in [0.4, 0.5) is 0 Å². The van der Waals surface area contributed by atoms with Gasteiger partial charge in [0.1, 0.15) is 5.58 Å². The second-order valence-electron chi connectivity index (χ2n) is 4.35. The summed E-state index contributed by atoms with van der Waals surface area (Å²) >= 11 is 0. The van der Waals surface area contributed by atoms with Crippen molar-refractivity contribution in [3.05, 3.63) is 36.1 Å². The van der Waals surface area contributed by atoms with Crippen LogP contribution in [0.5, 0.6) is 0 Å². The van der Waals surface area contributed by atoms with Gasteiger partial charge in [-0.05, 0) is 37.2 Å². The van der Waals surface area contributed by atoms with Crippen LogP contribution in [0.15, 0.2) is 34.9 Å². The Morgan fingerprint density at radius 2 is 2.18 bits per heavy atom. The van der Waals surface area contributed by atoms with Gasteiger partial charge in [-0.15, -0.1) is 0 Å². The van der Waals surface area contributed by atoms with Gasteiger partial charge in [0.05, 0.1) is 12.9 Å². The summed E-state index contributed by atoms with van der Waals surface area (Å²) in [5, 5.41) is 14.0. The summed E-state index contributed by atoms with van der Waals surface area (Å²) in [4.78, 5) is 0. The summed E-state index contributed by atoms with van der Waals surface area (Å²) in [7, 11) is 0. The lowest BCUT2D eigenvalue weighted by atomic mass is 9.92. The smallest absolute Gasteiger partial charge is 0.133 e. The van der Waals surface area contributed by atoms with Gasteiger partial charge >= 0.3 is 0 Å². The Kier molecular flexibility index (Phi) is 3.82. The predicted molar refractivity (Wildman–Crippen MR) is 69.2 cm³/mol. The quantitative estimate of drug-likeness (QED) is 0.834. The van der Waals surface area contributed by atoms with Gasteiger partial charge in [-0.2, -0.15) is 0 Å². The number of aliphatic hydroxyl groups excluding tert-OH is 1. The summed E-state index contributed by atoms with van der Waals surface area (Å²) < 4.78 is 5.32. The monoisotopic (exact) mass is 233 g/mol. The minimum atomic E-state index is 0.120. The third kappa shape index (κ3) is 2.51. The maximum absolute atomic E-state index is 9.54. The Bertz CT molecular complexity index is 478. The maximum atomic E-state index is 9.54. The average Bonchev–Trinajstić information content (AvgIpc) is 2.77. The summed E-state index contributed by atoms with van der Waals surface area (Å²) in [6.45, 7) is 5.23. The van der Waals surface area contributed by atoms with Crippen molar-refractivity contribution in [3.8, 4) is 0 Å². The van der Waals surface area contributed by atoms with Crippen molar-refractivity contribution < 1.29 is 9.52 Å². The summed E-state index contributed by atoms with van der Waals surface area (Å²) in [6, 6.07) is 8.29. The molecule has 2 atom stereocenters. The van der Waals surface area contributed by atoms with Crippen LogP contribution in [0.2, 0.25) is 0 Å². The zero-order valence-corrected chi connectivity index (χ0v) is 10.3. The highest BCUT2D eigenvalue weighted by Crippen LogP contribution is 2.24. The van der Waals surface area contributed by atoms with Crippen LogP contribution in [-0.2, 0) is 0 Å². The van der Waals surface area contributed by atoms with Crippen molar-refractivity contribution in [3.63, 3.8) is 0 Å². The summed E-state index contributed by atoms with van der Waals surface area (Å²) in [6.07, 6.45) is 1.69. The van der Waals surface area contributed by atoms with Crippen molar-refractivity contribution in [2.24, 2.45) is 0 Å². The first-order valence-electron chi connectivity index (χ1n) is 6.07. The van der Waals surface area contributed by atoms with Crippen molar-refractivity contribution in [2.75, 3.05) is 13.2 Å². The molecule has 0 amide bonds. The Balaban J connectivity index is 2.28. The second-order valence-corrected chi connectivity index (χ2v) is 4.35. The molecule has 0 bridgehead atoms. The molecule has 1 heterocycles. The third-order valence-electron chi connectivity index (χ3n) is 3.23. The molecule has 3 nitrogen and oxygen atoms in total. The lowest BCUT2D eigenvalue weighted by molar-refractivity contribution is 0.241. The number of likely N-dealkylation sites (N-methyl/N-ethyl adjacent to an activating group) is 1. The zero-order chi connectivity index (χ0) is 12.3. The fourth-order valence-electron chi connectivity index (χ4n) is 2.23. The van der Waals surface area contributed by atoms with Crippen LogP contribution in [0.25, 0.3) is 11.0 Å². The van der Waals surface area contributed by atoms with Crippen molar-refractivity contribution >= 4 is 11.0 Å². The molecule has 17 heavy (non-hydrogen) atoms. The fraction of sp³-hybridized carbons (Fsp3) is 0.429. The molecule has 0 radical (unpaired) electrons. The van der Waals surface area contributed by atoms with Crippen molar-refractivity contribution in [1.82, 2.24) is 5.32 Å². The van der Waals surface area contributed by atoms with Crippen LogP contribution in [0.3, 0.4) is 0 Å². The van der Waals surface area contributed by atoms with Gasteiger partial charge in [-0.3, -0.25) is 0 Å². The second kappa shape index (κ2) is 5.34. The van der Waals surface area contributed by atoms with E-state index in [9.17, 15) is 5.11 Å². The Morgan fingerprint density at radius 3 is 2.88 bits per heavy atom. The molecule has 2 N–H and O–H groups in total. The number of furan rings is 1. The number of rotatable bonds is 5. The highest BCUT2D eigenvalue weighted by atomic mass is 16.3. The summed E-state index contributed by atoms with van der Waals surface area (Å²) in [5.74, 6) is 0.120. The van der Waals surface area contributed by atoms with Crippen molar-refractivity contribution in [1.29, 1.82) is 0 Å². The molecule has 1 aromatic carbocycles. The molecule has 0 spiro atoms. The van der Waals surface area contributed by atoms with E-state index in [2.05, 4.69) is 25.2 Å². The van der Waals surface area contributed by atoms with E-state index in [-0.39, 0.29) is 18.6 Å². The SMILES string of the molecule is CCNC(C)C(CO)c1ccc2occc2c1. The van der Waals surface area contributed by atoms with E-state index in [0.29, 0.717) is 0 Å². The van der Waals surface area contributed by atoms with E-state index in [1.807, 2.05) is 18.2 Å². The molecule has 0 aliphatic rings. The van der Waals surface area contributed by atoms with Crippen LogP contribution in [-0.4, -0.2) is 24.3 Å². The lowest BCUT2D eigenvalue weighted by Gasteiger charge is -2.23. The number of aliphatic hydroxyl groups is 1. The highest BCUT2D eigenvalue weighted by molar-refractivity contribution is 5.77. The number of benzene rings is 1. The van der Waals surface area contributed by atoms with Gasteiger partial charge in [-0.25, -0.2) is 0 Å². The number of hydrogen-bond donors (Lipinski definition) is 2. The zero-order valence-electron chi connectivity index (χ0n) is 10.3. The number of hydrogen-bond acceptors (Lipinski definition) is 3. The van der Waals surface area contributed by atoms with E-state index in [1.54, 1.807) is 6.26 Å². The third-order valence-corrected chi connectivity index (χ3v) is 3.23. The summed E-state index contributed by atoms with van der Waals surface area (Å²) in [5.41, 5.74) is 2.04. The molecule has 1 aromatic heterocycles. The molecule has 2 aromatic rings. The van der Waals surface area contributed by atoms with E-state index < -0.39 is 0 Å². The van der Waals surface area contributed by atoms with Crippen molar-refractivity contribution in [2.45, 2.75) is 25.8 Å². The molecule has 0 aliphatic carbocycles. The number of nitrogens with one attached hydrogen (secondary N) is 1. The molecule has 3 heteroatoms. The van der Waals surface area contributed by atoms with Gasteiger partial charge in [0.15, 0.2) is 0 Å². The normalized spacial score (nSPS) is 15.0. The first-order valence-corrected chi connectivity index (χ1v) is 6.07. The van der Waals surface area contributed by atoms with Crippen LogP contribution >= 0.6 is 0 Å². The Labute approximate surface area is 101 Å². The minimum absolute atomic E-state index is 0.120. The molecule has 2 rings (SSSR count). The average molecular weight is 233 g/mol. The largest absolute Gasteiger partial charge is 0.464 e. The first kappa shape index (κ1) is 12.1. The maximum Gasteiger partial charge on any atom is 0.133 e. The van der Waals surface area contributed by atoms with E-state index in [4.69, 9.17) is 4.42 Å².